The van der Waals surface area contributed by atoms with Gasteiger partial charge in [0.1, 0.15) is 13.2 Å². The molecule has 0 saturated carbocycles. The number of rotatable bonds is 53. The maximum Gasteiger partial charge on any atom is 0.306 e. The first-order chi connectivity index (χ1) is 31.5. The molecule has 0 rings (SSSR count). The molecule has 6 nitrogen and oxygen atoms in total. The van der Waals surface area contributed by atoms with Crippen LogP contribution in [-0.2, 0) is 28.6 Å². The molecule has 6 heteroatoms. The number of hydrogen-bond donors (Lipinski definition) is 0. The van der Waals surface area contributed by atoms with Crippen LogP contribution in [0.25, 0.3) is 0 Å². The predicted octanol–water partition coefficient (Wildman–Crippen LogP) is 18.9. The molecule has 0 aromatic heterocycles. The van der Waals surface area contributed by atoms with E-state index in [1.807, 2.05) is 0 Å². The number of unbranched alkanes of at least 4 members (excludes halogenated alkanes) is 40. The molecule has 1 atom stereocenters. The van der Waals surface area contributed by atoms with Crippen LogP contribution in [0.4, 0.5) is 0 Å². The zero-order chi connectivity index (χ0) is 46.5. The van der Waals surface area contributed by atoms with Gasteiger partial charge >= 0.3 is 17.9 Å². The van der Waals surface area contributed by atoms with E-state index in [1.54, 1.807) is 0 Å². The lowest BCUT2D eigenvalue weighted by Gasteiger charge is -2.18. The molecule has 378 valence electrons. The van der Waals surface area contributed by atoms with Gasteiger partial charge in [-0.15, -0.1) is 0 Å². The highest BCUT2D eigenvalue weighted by Gasteiger charge is 2.19. The molecular weight excluding hydrogens is 793 g/mol. The summed E-state index contributed by atoms with van der Waals surface area (Å²) in [5, 5.41) is 0. The zero-order valence-corrected chi connectivity index (χ0v) is 43.3. The Balaban J connectivity index is 3.75. The van der Waals surface area contributed by atoms with Crippen molar-refractivity contribution in [2.24, 2.45) is 0 Å². The fourth-order valence-electron chi connectivity index (χ4n) is 8.68. The molecule has 0 amide bonds. The van der Waals surface area contributed by atoms with E-state index in [9.17, 15) is 14.4 Å². The summed E-state index contributed by atoms with van der Waals surface area (Å²) < 4.78 is 16.6. The number of carbonyl (C=O) groups is 3. The maximum atomic E-state index is 12.6. The van der Waals surface area contributed by atoms with E-state index in [2.05, 4.69) is 32.9 Å². The Kier molecular flexibility index (Phi) is 52.2. The van der Waals surface area contributed by atoms with Crippen LogP contribution >= 0.6 is 0 Å². The Bertz CT molecular complexity index is 993. The smallest absolute Gasteiger partial charge is 0.306 e. The van der Waals surface area contributed by atoms with Gasteiger partial charge in [0.15, 0.2) is 6.10 Å². The summed E-state index contributed by atoms with van der Waals surface area (Å²) in [6.07, 6.45) is 61.5. The predicted molar refractivity (Wildman–Crippen MR) is 275 cm³/mol. The number of carbonyl (C=O) groups excluding carboxylic acids is 3. The molecule has 0 aliphatic heterocycles. The van der Waals surface area contributed by atoms with Crippen molar-refractivity contribution in [1.29, 1.82) is 0 Å². The minimum atomic E-state index is -0.758. The molecule has 0 fully saturated rings. The fraction of sp³-hybridized carbons (Fsp3) is 0.914. The second kappa shape index (κ2) is 53.8. The van der Waals surface area contributed by atoms with Crippen molar-refractivity contribution in [3.8, 4) is 0 Å². The summed E-state index contributed by atoms with van der Waals surface area (Å²) in [7, 11) is 0. The Morgan fingerprint density at radius 2 is 0.516 bits per heavy atom. The summed E-state index contributed by atoms with van der Waals surface area (Å²) >= 11 is 0. The van der Waals surface area contributed by atoms with E-state index in [4.69, 9.17) is 14.2 Å². The average molecular weight is 904 g/mol. The van der Waals surface area contributed by atoms with Crippen molar-refractivity contribution in [3.63, 3.8) is 0 Å². The molecule has 0 aliphatic carbocycles. The first-order valence-corrected chi connectivity index (χ1v) is 28.7. The summed E-state index contributed by atoms with van der Waals surface area (Å²) in [6.45, 7) is 6.57. The summed E-state index contributed by atoms with van der Waals surface area (Å²) in [5.41, 5.74) is 0. The standard InChI is InChI=1S/C58H110O6/c1-4-7-10-13-16-17-18-19-20-21-22-23-24-25-26-27-28-29-30-31-32-33-34-35-36-37-38-39-40-41-43-45-48-51-57(60)63-54-55(53-62-56(59)50-47-44-15-12-9-6-3)64-58(61)52-49-46-42-14-11-8-5-2/h21-22,55H,4-20,23-54H2,1-3H3/b22-21-. The van der Waals surface area contributed by atoms with Crippen LogP contribution < -0.4 is 0 Å². The van der Waals surface area contributed by atoms with Crippen molar-refractivity contribution in [2.75, 3.05) is 13.2 Å². The van der Waals surface area contributed by atoms with Gasteiger partial charge in [-0.05, 0) is 44.9 Å². The molecule has 64 heavy (non-hydrogen) atoms. The zero-order valence-electron chi connectivity index (χ0n) is 43.3. The molecule has 0 radical (unpaired) electrons. The second-order valence-corrected chi connectivity index (χ2v) is 19.6. The van der Waals surface area contributed by atoms with Crippen molar-refractivity contribution >= 4 is 17.9 Å². The van der Waals surface area contributed by atoms with E-state index < -0.39 is 6.10 Å². The minimum absolute atomic E-state index is 0.0653. The summed E-state index contributed by atoms with van der Waals surface area (Å²) in [4.78, 5) is 37.5. The van der Waals surface area contributed by atoms with Gasteiger partial charge in [-0.2, -0.15) is 0 Å². The Hall–Kier alpha value is -1.85. The van der Waals surface area contributed by atoms with Crippen molar-refractivity contribution < 1.29 is 28.6 Å². The van der Waals surface area contributed by atoms with Gasteiger partial charge in [0, 0.05) is 19.3 Å². The lowest BCUT2D eigenvalue weighted by molar-refractivity contribution is -0.167. The van der Waals surface area contributed by atoms with E-state index in [0.717, 1.165) is 57.8 Å². The lowest BCUT2D eigenvalue weighted by Crippen LogP contribution is -2.30. The molecule has 0 heterocycles. The molecule has 1 unspecified atom stereocenters. The van der Waals surface area contributed by atoms with Crippen LogP contribution in [0.2, 0.25) is 0 Å². The van der Waals surface area contributed by atoms with Crippen LogP contribution in [0.5, 0.6) is 0 Å². The minimum Gasteiger partial charge on any atom is -0.462 e. The highest BCUT2D eigenvalue weighted by Crippen LogP contribution is 2.17. The summed E-state index contributed by atoms with van der Waals surface area (Å²) in [5.74, 6) is -0.868. The second-order valence-electron chi connectivity index (χ2n) is 19.6. The average Bonchev–Trinajstić information content (AvgIpc) is 3.29. The van der Waals surface area contributed by atoms with Crippen molar-refractivity contribution in [3.05, 3.63) is 12.2 Å². The van der Waals surface area contributed by atoms with Gasteiger partial charge in [0.2, 0.25) is 0 Å². The molecular formula is C58H110O6. The molecule has 0 aliphatic rings. The van der Waals surface area contributed by atoms with Crippen LogP contribution in [0.1, 0.15) is 323 Å². The third-order valence-corrected chi connectivity index (χ3v) is 13.0. The number of esters is 3. The number of hydrogen-bond acceptors (Lipinski definition) is 6. The van der Waals surface area contributed by atoms with E-state index in [0.29, 0.717) is 19.3 Å². The van der Waals surface area contributed by atoms with Gasteiger partial charge in [0.05, 0.1) is 0 Å². The largest absolute Gasteiger partial charge is 0.462 e. The molecule has 0 saturated heterocycles. The third-order valence-electron chi connectivity index (χ3n) is 13.0. The van der Waals surface area contributed by atoms with Gasteiger partial charge in [0.25, 0.3) is 0 Å². The normalized spacial score (nSPS) is 12.0. The molecule has 0 aromatic carbocycles. The first kappa shape index (κ1) is 62.1. The van der Waals surface area contributed by atoms with Crippen LogP contribution in [0.15, 0.2) is 12.2 Å². The van der Waals surface area contributed by atoms with Gasteiger partial charge in [-0.25, -0.2) is 0 Å². The van der Waals surface area contributed by atoms with Gasteiger partial charge < -0.3 is 14.2 Å². The van der Waals surface area contributed by atoms with Crippen LogP contribution in [0.3, 0.4) is 0 Å². The molecule has 0 bridgehead atoms. The number of allylic oxidation sites excluding steroid dienone is 2. The van der Waals surface area contributed by atoms with Gasteiger partial charge in [-0.1, -0.05) is 270 Å². The lowest BCUT2D eigenvalue weighted by atomic mass is 10.0. The highest BCUT2D eigenvalue weighted by atomic mass is 16.6. The van der Waals surface area contributed by atoms with Crippen molar-refractivity contribution in [1.82, 2.24) is 0 Å². The Labute approximate surface area is 399 Å². The van der Waals surface area contributed by atoms with Crippen LogP contribution in [-0.4, -0.2) is 37.2 Å². The first-order valence-electron chi connectivity index (χ1n) is 28.7. The quantitative estimate of drug-likeness (QED) is 0.0262. The number of ether oxygens (including phenoxy) is 3. The maximum absolute atomic E-state index is 12.6. The fourth-order valence-corrected chi connectivity index (χ4v) is 8.68. The van der Waals surface area contributed by atoms with E-state index >= 15 is 0 Å². The summed E-state index contributed by atoms with van der Waals surface area (Å²) in [6, 6.07) is 0. The topological polar surface area (TPSA) is 78.9 Å². The van der Waals surface area contributed by atoms with E-state index in [-0.39, 0.29) is 31.1 Å². The SMILES string of the molecule is CCCCCCCCCC/C=C\CCCCCCCCCCCCCCCCCCCCCCCC(=O)OCC(COC(=O)CCCCCCCC)OC(=O)CCCCCCCCC. The monoisotopic (exact) mass is 903 g/mol. The highest BCUT2D eigenvalue weighted by molar-refractivity contribution is 5.71. The van der Waals surface area contributed by atoms with E-state index in [1.165, 1.54) is 225 Å². The Morgan fingerprint density at radius 1 is 0.297 bits per heavy atom. The van der Waals surface area contributed by atoms with Gasteiger partial charge in [-0.3, -0.25) is 14.4 Å². The molecule has 0 aromatic rings. The molecule has 0 spiro atoms. The van der Waals surface area contributed by atoms with Crippen LogP contribution in [0, 0.1) is 0 Å². The Morgan fingerprint density at radius 3 is 0.781 bits per heavy atom. The molecule has 0 N–H and O–H groups in total. The third kappa shape index (κ3) is 51.1. The van der Waals surface area contributed by atoms with Crippen molar-refractivity contribution in [2.45, 2.75) is 329 Å².